The average Bonchev–Trinajstić information content (AvgIpc) is 2.37. The molecule has 0 unspecified atom stereocenters. The van der Waals surface area contributed by atoms with Crippen LogP contribution in [0.15, 0.2) is 18.2 Å². The highest BCUT2D eigenvalue weighted by molar-refractivity contribution is 5.90. The summed E-state index contributed by atoms with van der Waals surface area (Å²) in [6, 6.07) is 3.14. The number of hydrogen-bond donors (Lipinski definition) is 2. The van der Waals surface area contributed by atoms with Crippen molar-refractivity contribution < 1.29 is 23.1 Å². The Balaban J connectivity index is 2.88. The van der Waals surface area contributed by atoms with Gasteiger partial charge in [0.15, 0.2) is 0 Å². The van der Waals surface area contributed by atoms with Gasteiger partial charge in [-0.05, 0) is 31.8 Å². The van der Waals surface area contributed by atoms with Crippen molar-refractivity contribution >= 4 is 11.7 Å². The van der Waals surface area contributed by atoms with Crippen LogP contribution in [-0.4, -0.2) is 42.7 Å². The molecule has 0 aliphatic rings. The Morgan fingerprint density at radius 3 is 2.55 bits per heavy atom. The molecule has 4 nitrogen and oxygen atoms in total. The maximum Gasteiger partial charge on any atom is 0.417 e. The van der Waals surface area contributed by atoms with Gasteiger partial charge in [0.2, 0.25) is 0 Å². The number of benzene rings is 1. The first-order chi connectivity index (χ1) is 9.25. The van der Waals surface area contributed by atoms with Crippen LogP contribution in [0.25, 0.3) is 0 Å². The fourth-order valence-electron chi connectivity index (χ4n) is 1.62. The quantitative estimate of drug-likeness (QED) is 0.846. The number of hydrogen-bond acceptors (Lipinski definition) is 3. The molecule has 1 rings (SSSR count). The molecule has 1 aromatic rings. The lowest BCUT2D eigenvalue weighted by Gasteiger charge is -2.16. The smallest absolute Gasteiger partial charge is 0.417 e. The number of likely N-dealkylation sites (N-methyl/N-ethyl adjacent to an activating group) is 1. The molecule has 0 aromatic heterocycles. The first-order valence-corrected chi connectivity index (χ1v) is 6.12. The third-order valence-electron chi connectivity index (χ3n) is 2.92. The molecule has 2 N–H and O–H groups in total. The second-order valence-electron chi connectivity index (χ2n) is 4.39. The predicted octanol–water partition coefficient (Wildman–Crippen LogP) is 2.77. The molecule has 0 spiro atoms. The van der Waals surface area contributed by atoms with E-state index in [1.54, 1.807) is 0 Å². The summed E-state index contributed by atoms with van der Waals surface area (Å²) in [4.78, 5) is 12.8. The van der Waals surface area contributed by atoms with E-state index >= 15 is 0 Å². The summed E-state index contributed by atoms with van der Waals surface area (Å²) >= 11 is 0. The van der Waals surface area contributed by atoms with Crippen LogP contribution < -0.4 is 5.32 Å². The maximum absolute atomic E-state index is 12.8. The van der Waals surface area contributed by atoms with Crippen LogP contribution in [0.4, 0.5) is 18.9 Å². The lowest BCUT2D eigenvalue weighted by molar-refractivity contribution is -0.138. The molecule has 7 heteroatoms. The Labute approximate surface area is 115 Å². The van der Waals surface area contributed by atoms with Gasteiger partial charge >= 0.3 is 12.1 Å². The van der Waals surface area contributed by atoms with E-state index in [0.717, 1.165) is 18.7 Å². The molecule has 112 valence electrons. The van der Waals surface area contributed by atoms with E-state index < -0.39 is 23.3 Å². The average molecular weight is 290 g/mol. The van der Waals surface area contributed by atoms with Gasteiger partial charge in [-0.25, -0.2) is 4.79 Å². The largest absolute Gasteiger partial charge is 0.478 e. The maximum atomic E-state index is 12.8. The topological polar surface area (TPSA) is 52.6 Å². The van der Waals surface area contributed by atoms with Crippen molar-refractivity contribution in [1.29, 1.82) is 0 Å². The molecular formula is C13H17F3N2O2. The van der Waals surface area contributed by atoms with Gasteiger partial charge in [-0.2, -0.15) is 13.2 Å². The molecule has 0 aliphatic heterocycles. The third kappa shape index (κ3) is 4.41. The molecule has 20 heavy (non-hydrogen) atoms. The Morgan fingerprint density at radius 1 is 1.40 bits per heavy atom. The molecule has 1 aromatic carbocycles. The van der Waals surface area contributed by atoms with Crippen molar-refractivity contribution in [2.24, 2.45) is 0 Å². The van der Waals surface area contributed by atoms with Gasteiger partial charge in [-0.3, -0.25) is 0 Å². The zero-order valence-electron chi connectivity index (χ0n) is 11.3. The normalized spacial score (nSPS) is 11.7. The first kappa shape index (κ1) is 16.3. The van der Waals surface area contributed by atoms with Gasteiger partial charge in [-0.15, -0.1) is 0 Å². The van der Waals surface area contributed by atoms with Gasteiger partial charge in [0.25, 0.3) is 0 Å². The summed E-state index contributed by atoms with van der Waals surface area (Å²) in [5.74, 6) is -1.59. The minimum Gasteiger partial charge on any atom is -0.478 e. The minimum absolute atomic E-state index is 0.256. The van der Waals surface area contributed by atoms with E-state index in [1.165, 1.54) is 6.07 Å². The highest BCUT2D eigenvalue weighted by Crippen LogP contribution is 2.33. The van der Waals surface area contributed by atoms with Crippen LogP contribution >= 0.6 is 0 Å². The second kappa shape index (κ2) is 6.60. The number of nitrogens with one attached hydrogen (secondary N) is 1. The molecule has 0 fully saturated rings. The van der Waals surface area contributed by atoms with Gasteiger partial charge in [0.05, 0.1) is 11.1 Å². The Bertz CT molecular complexity index is 475. The van der Waals surface area contributed by atoms with Crippen LogP contribution in [-0.2, 0) is 6.18 Å². The van der Waals surface area contributed by atoms with E-state index in [-0.39, 0.29) is 5.69 Å². The lowest BCUT2D eigenvalue weighted by atomic mass is 10.1. The molecule has 0 heterocycles. The fraction of sp³-hybridized carbons (Fsp3) is 0.462. The summed E-state index contributed by atoms with van der Waals surface area (Å²) in [6.07, 6.45) is -4.69. The molecule has 0 radical (unpaired) electrons. The zero-order chi connectivity index (χ0) is 15.3. The SMILES string of the molecule is CCN(C)CCNc1ccc(C(=O)O)c(C(F)(F)F)c1. The molecule has 0 bridgehead atoms. The Kier molecular flexibility index (Phi) is 5.38. The van der Waals surface area contributed by atoms with Crippen molar-refractivity contribution in [3.8, 4) is 0 Å². The van der Waals surface area contributed by atoms with E-state index in [1.807, 2.05) is 18.9 Å². The van der Waals surface area contributed by atoms with Crippen LogP contribution in [0.5, 0.6) is 0 Å². The molecule has 0 atom stereocenters. The number of carbonyl (C=O) groups is 1. The van der Waals surface area contributed by atoms with E-state index in [4.69, 9.17) is 5.11 Å². The monoisotopic (exact) mass is 290 g/mol. The van der Waals surface area contributed by atoms with Crippen molar-refractivity contribution in [3.63, 3.8) is 0 Å². The highest BCUT2D eigenvalue weighted by Gasteiger charge is 2.35. The third-order valence-corrected chi connectivity index (χ3v) is 2.92. The fourth-order valence-corrected chi connectivity index (χ4v) is 1.62. The van der Waals surface area contributed by atoms with Crippen molar-refractivity contribution in [1.82, 2.24) is 4.90 Å². The van der Waals surface area contributed by atoms with Crippen LogP contribution in [0.2, 0.25) is 0 Å². The summed E-state index contributed by atoms with van der Waals surface area (Å²) in [5, 5.41) is 11.6. The zero-order valence-corrected chi connectivity index (χ0v) is 11.3. The van der Waals surface area contributed by atoms with E-state index in [9.17, 15) is 18.0 Å². The summed E-state index contributed by atoms with van der Waals surface area (Å²) in [5.41, 5.74) is -1.63. The number of anilines is 1. The van der Waals surface area contributed by atoms with Gasteiger partial charge in [-0.1, -0.05) is 6.92 Å². The summed E-state index contributed by atoms with van der Waals surface area (Å²) in [7, 11) is 1.90. The van der Waals surface area contributed by atoms with E-state index in [2.05, 4.69) is 5.32 Å². The number of aromatic carboxylic acids is 1. The number of carboxylic acids is 1. The summed E-state index contributed by atoms with van der Waals surface area (Å²) in [6.45, 7) is 3.98. The van der Waals surface area contributed by atoms with Crippen molar-refractivity contribution in [2.75, 3.05) is 32.0 Å². The van der Waals surface area contributed by atoms with Gasteiger partial charge in [0, 0.05) is 18.8 Å². The molecule has 0 saturated heterocycles. The van der Waals surface area contributed by atoms with Crippen molar-refractivity contribution in [3.05, 3.63) is 29.3 Å². The molecular weight excluding hydrogens is 273 g/mol. The Morgan fingerprint density at radius 2 is 2.05 bits per heavy atom. The van der Waals surface area contributed by atoms with Crippen LogP contribution in [0, 0.1) is 0 Å². The molecule has 0 amide bonds. The van der Waals surface area contributed by atoms with Gasteiger partial charge in [0.1, 0.15) is 0 Å². The standard InChI is InChI=1S/C13H17F3N2O2/c1-3-18(2)7-6-17-9-4-5-10(12(19)20)11(8-9)13(14,15)16/h4-5,8,17H,3,6-7H2,1-2H3,(H,19,20). The summed E-state index contributed by atoms with van der Waals surface area (Å²) < 4.78 is 38.4. The van der Waals surface area contributed by atoms with E-state index in [0.29, 0.717) is 13.1 Å². The predicted molar refractivity (Wildman–Crippen MR) is 70.1 cm³/mol. The number of rotatable bonds is 6. The second-order valence-corrected chi connectivity index (χ2v) is 4.39. The van der Waals surface area contributed by atoms with Gasteiger partial charge < -0.3 is 15.3 Å². The molecule has 0 aliphatic carbocycles. The van der Waals surface area contributed by atoms with Crippen LogP contribution in [0.1, 0.15) is 22.8 Å². The number of alkyl halides is 3. The van der Waals surface area contributed by atoms with Crippen LogP contribution in [0.3, 0.4) is 0 Å². The highest BCUT2D eigenvalue weighted by atomic mass is 19.4. The Hall–Kier alpha value is -1.76. The number of nitrogens with zero attached hydrogens (tertiary/aromatic N) is 1. The minimum atomic E-state index is -4.69. The number of halogens is 3. The number of carboxylic acid groups (broad SMARTS) is 1. The lowest BCUT2D eigenvalue weighted by Crippen LogP contribution is -2.24. The van der Waals surface area contributed by atoms with Crippen molar-refractivity contribution in [2.45, 2.75) is 13.1 Å². The first-order valence-electron chi connectivity index (χ1n) is 6.12. The molecule has 0 saturated carbocycles.